The molecule has 2 aromatic rings. The molecule has 0 amide bonds. The molecule has 2 aromatic carbocycles. The molecule has 6 N–H and O–H groups in total. The van der Waals surface area contributed by atoms with Gasteiger partial charge in [-0.15, -0.1) is 0 Å². The van der Waals surface area contributed by atoms with E-state index in [2.05, 4.69) is 0 Å². The average molecular weight is 526 g/mol. The number of hydrogen-bond acceptors (Lipinski definition) is 13. The highest BCUT2D eigenvalue weighted by atomic mass is 16.7. The van der Waals surface area contributed by atoms with Gasteiger partial charge in [0.2, 0.25) is 17.8 Å². The first-order valence-electron chi connectivity index (χ1n) is 10.7. The molecule has 1 saturated heterocycles. The highest BCUT2D eigenvalue weighted by Gasteiger charge is 2.46. The van der Waals surface area contributed by atoms with Crippen molar-refractivity contribution in [3.8, 4) is 34.5 Å². The van der Waals surface area contributed by atoms with Gasteiger partial charge < -0.3 is 59.1 Å². The van der Waals surface area contributed by atoms with Crippen molar-refractivity contribution in [2.24, 2.45) is 0 Å². The molecule has 1 aliphatic rings. The number of carbonyl (C=O) groups excluding carboxylic acids is 1. The smallest absolute Gasteiger partial charge is 0.342 e. The Morgan fingerprint density at radius 2 is 1.54 bits per heavy atom. The summed E-state index contributed by atoms with van der Waals surface area (Å²) in [5.41, 5.74) is -0.534. The summed E-state index contributed by atoms with van der Waals surface area (Å²) in [5.74, 6) is -4.28. The number of rotatable bonds is 9. The lowest BCUT2D eigenvalue weighted by molar-refractivity contribution is -0.277. The van der Waals surface area contributed by atoms with Crippen LogP contribution in [-0.2, 0) is 9.47 Å². The second-order valence-electron chi connectivity index (χ2n) is 7.76. The van der Waals surface area contributed by atoms with Crippen LogP contribution in [0, 0.1) is 0 Å². The number of carbonyl (C=O) groups is 2. The number of ether oxygens (including phenoxy) is 6. The Bertz CT molecular complexity index is 1150. The molecule has 14 heteroatoms. The molecule has 5 atom stereocenters. The highest BCUT2D eigenvalue weighted by molar-refractivity contribution is 5.95. The van der Waals surface area contributed by atoms with Crippen molar-refractivity contribution in [3.63, 3.8) is 0 Å². The lowest BCUT2D eigenvalue weighted by Gasteiger charge is -2.40. The number of methoxy groups -OCH3 is 3. The number of aromatic carboxylic acids is 1. The Morgan fingerprint density at radius 1 is 0.865 bits per heavy atom. The van der Waals surface area contributed by atoms with Gasteiger partial charge in [0.1, 0.15) is 36.6 Å². The van der Waals surface area contributed by atoms with Gasteiger partial charge in [-0.05, 0) is 18.2 Å². The average Bonchev–Trinajstić information content (AvgIpc) is 2.88. The number of aromatic hydroxyl groups is 2. The Hall–Kier alpha value is -3.98. The van der Waals surface area contributed by atoms with Crippen LogP contribution in [-0.4, -0.2) is 101 Å². The fourth-order valence-corrected chi connectivity index (χ4v) is 3.53. The van der Waals surface area contributed by atoms with Crippen molar-refractivity contribution < 1.29 is 68.6 Å². The van der Waals surface area contributed by atoms with Crippen LogP contribution in [0.5, 0.6) is 34.5 Å². The van der Waals surface area contributed by atoms with Crippen molar-refractivity contribution in [1.29, 1.82) is 0 Å². The maximum Gasteiger partial charge on any atom is 0.342 e. The number of esters is 1. The molecule has 0 bridgehead atoms. The minimum Gasteiger partial charge on any atom is -0.504 e. The van der Waals surface area contributed by atoms with Crippen LogP contribution in [0.25, 0.3) is 0 Å². The van der Waals surface area contributed by atoms with Gasteiger partial charge in [-0.25, -0.2) is 9.59 Å². The molecule has 0 saturated carbocycles. The summed E-state index contributed by atoms with van der Waals surface area (Å²) < 4.78 is 31.1. The largest absolute Gasteiger partial charge is 0.504 e. The van der Waals surface area contributed by atoms with Gasteiger partial charge >= 0.3 is 11.9 Å². The Morgan fingerprint density at radius 3 is 2.14 bits per heavy atom. The van der Waals surface area contributed by atoms with Crippen molar-refractivity contribution in [3.05, 3.63) is 35.4 Å². The van der Waals surface area contributed by atoms with Gasteiger partial charge in [-0.2, -0.15) is 0 Å². The quantitative estimate of drug-likeness (QED) is 0.235. The van der Waals surface area contributed by atoms with Crippen LogP contribution < -0.4 is 18.9 Å². The van der Waals surface area contributed by atoms with E-state index in [1.807, 2.05) is 0 Å². The first kappa shape index (κ1) is 27.6. The number of aliphatic hydroxyl groups excluding tert-OH is 3. The van der Waals surface area contributed by atoms with E-state index in [-0.39, 0.29) is 22.8 Å². The van der Waals surface area contributed by atoms with Gasteiger partial charge in [0.15, 0.2) is 23.0 Å². The second kappa shape index (κ2) is 11.4. The molecule has 37 heavy (non-hydrogen) atoms. The van der Waals surface area contributed by atoms with Crippen LogP contribution in [0.4, 0.5) is 0 Å². The molecule has 3 rings (SSSR count). The summed E-state index contributed by atoms with van der Waals surface area (Å²) >= 11 is 0. The third-order valence-corrected chi connectivity index (χ3v) is 5.54. The molecule has 14 nitrogen and oxygen atoms in total. The summed E-state index contributed by atoms with van der Waals surface area (Å²) in [6.07, 6.45) is -8.24. The first-order valence-corrected chi connectivity index (χ1v) is 10.7. The maximum atomic E-state index is 12.6. The van der Waals surface area contributed by atoms with Gasteiger partial charge in [-0.1, -0.05) is 0 Å². The highest BCUT2D eigenvalue weighted by Crippen LogP contribution is 2.45. The predicted molar refractivity (Wildman–Crippen MR) is 120 cm³/mol. The third-order valence-electron chi connectivity index (χ3n) is 5.54. The first-order chi connectivity index (χ1) is 17.5. The monoisotopic (exact) mass is 526 g/mol. The van der Waals surface area contributed by atoms with Crippen LogP contribution in [0.3, 0.4) is 0 Å². The van der Waals surface area contributed by atoms with Crippen LogP contribution in [0.2, 0.25) is 0 Å². The summed E-state index contributed by atoms with van der Waals surface area (Å²) in [6, 6.07) is 4.64. The van der Waals surface area contributed by atoms with Gasteiger partial charge in [0, 0.05) is 6.07 Å². The number of phenolic OH excluding ortho intramolecular Hbond substituents is 2. The van der Waals surface area contributed by atoms with Crippen LogP contribution in [0.1, 0.15) is 20.7 Å². The standard InChI is InChI=1S/C23H26O14/c1-32-12-6-9(21(29)30)4-5-11(12)36-23-19(28)18(27)16(25)14(37-23)8-35-22(31)10-7-13(33-2)17(26)20(34-3)15(10)24/h4-7,14,16,18-19,23-28H,8H2,1-3H3,(H,29,30). The van der Waals surface area contributed by atoms with Crippen molar-refractivity contribution in [2.75, 3.05) is 27.9 Å². The lowest BCUT2D eigenvalue weighted by atomic mass is 9.99. The minimum atomic E-state index is -1.78. The van der Waals surface area contributed by atoms with Gasteiger partial charge in [0.05, 0.1) is 26.9 Å². The van der Waals surface area contributed by atoms with Gasteiger partial charge in [0.25, 0.3) is 0 Å². The molecule has 1 heterocycles. The summed E-state index contributed by atoms with van der Waals surface area (Å²) in [6.45, 7) is -0.663. The van der Waals surface area contributed by atoms with E-state index in [0.29, 0.717) is 0 Å². The van der Waals surface area contributed by atoms with E-state index in [0.717, 1.165) is 13.2 Å². The van der Waals surface area contributed by atoms with E-state index in [1.165, 1.54) is 32.4 Å². The molecule has 1 fully saturated rings. The van der Waals surface area contributed by atoms with Crippen LogP contribution >= 0.6 is 0 Å². The second-order valence-corrected chi connectivity index (χ2v) is 7.76. The SMILES string of the molecule is COc1cc(C(=O)O)ccc1OC1OC(COC(=O)c2cc(OC)c(O)c(OC)c2O)C(O)C(O)C1O. The van der Waals surface area contributed by atoms with Crippen LogP contribution in [0.15, 0.2) is 24.3 Å². The zero-order chi connectivity index (χ0) is 27.4. The van der Waals surface area contributed by atoms with Crippen molar-refractivity contribution >= 4 is 11.9 Å². The van der Waals surface area contributed by atoms with E-state index in [4.69, 9.17) is 33.5 Å². The molecule has 0 aliphatic carbocycles. The number of phenols is 2. The minimum absolute atomic E-state index is 0.00927. The summed E-state index contributed by atoms with van der Waals surface area (Å²) in [4.78, 5) is 23.8. The van der Waals surface area contributed by atoms with Crippen molar-refractivity contribution in [1.82, 2.24) is 0 Å². The lowest BCUT2D eigenvalue weighted by Crippen LogP contribution is -2.60. The van der Waals surface area contributed by atoms with E-state index >= 15 is 0 Å². The fourth-order valence-electron chi connectivity index (χ4n) is 3.53. The molecule has 0 spiro atoms. The topological polar surface area (TPSA) is 211 Å². The number of carboxylic acids is 1. The van der Waals surface area contributed by atoms with E-state index in [1.54, 1.807) is 0 Å². The number of benzene rings is 2. The molecule has 202 valence electrons. The molecule has 5 unspecified atom stereocenters. The number of hydrogen-bond donors (Lipinski definition) is 6. The van der Waals surface area contributed by atoms with Crippen molar-refractivity contribution in [2.45, 2.75) is 30.7 Å². The predicted octanol–water partition coefficient (Wildman–Crippen LogP) is -0.135. The maximum absolute atomic E-state index is 12.6. The van der Waals surface area contributed by atoms with E-state index < -0.39 is 72.1 Å². The summed E-state index contributed by atoms with van der Waals surface area (Å²) in [7, 11) is 3.62. The molecule has 0 radical (unpaired) electrons. The normalized spacial score (nSPS) is 23.1. The number of carboxylic acid groups (broad SMARTS) is 1. The van der Waals surface area contributed by atoms with E-state index in [9.17, 15) is 35.1 Å². The third kappa shape index (κ3) is 5.56. The molecular weight excluding hydrogens is 500 g/mol. The molecule has 0 aromatic heterocycles. The summed E-state index contributed by atoms with van der Waals surface area (Å²) in [5, 5.41) is 60.4. The molecular formula is C23H26O14. The number of aliphatic hydroxyl groups is 3. The molecule has 1 aliphatic heterocycles. The Balaban J connectivity index is 1.77. The van der Waals surface area contributed by atoms with Gasteiger partial charge in [-0.3, -0.25) is 0 Å². The zero-order valence-electron chi connectivity index (χ0n) is 19.9. The zero-order valence-corrected chi connectivity index (χ0v) is 19.9. The fraction of sp³-hybridized carbons (Fsp3) is 0.391. The Labute approximate surface area is 209 Å². The Kier molecular flexibility index (Phi) is 8.49.